The van der Waals surface area contributed by atoms with Gasteiger partial charge in [0.1, 0.15) is 23.2 Å². The number of para-hydroxylation sites is 1. The summed E-state index contributed by atoms with van der Waals surface area (Å²) in [6.07, 6.45) is 0.562. The summed E-state index contributed by atoms with van der Waals surface area (Å²) in [5, 5.41) is 5.64. The van der Waals surface area contributed by atoms with E-state index in [0.29, 0.717) is 49.8 Å². The molecule has 0 unspecified atom stereocenters. The molecule has 8 nitrogen and oxygen atoms in total. The highest BCUT2D eigenvalue weighted by atomic mass is 19.1. The van der Waals surface area contributed by atoms with Gasteiger partial charge in [0.05, 0.1) is 16.8 Å². The number of halogens is 1. The molecule has 9 heteroatoms. The van der Waals surface area contributed by atoms with E-state index in [2.05, 4.69) is 36.1 Å². The molecule has 0 bridgehead atoms. The second kappa shape index (κ2) is 11.4. The minimum absolute atomic E-state index is 0.00596. The number of hydrogen-bond acceptors (Lipinski definition) is 6. The van der Waals surface area contributed by atoms with Gasteiger partial charge in [-0.25, -0.2) is 19.0 Å². The Labute approximate surface area is 238 Å². The Bertz CT molecular complexity index is 1660. The van der Waals surface area contributed by atoms with Crippen molar-refractivity contribution in [3.8, 4) is 11.4 Å². The maximum atomic E-state index is 13.7. The molecule has 6 rings (SSSR count). The zero-order valence-corrected chi connectivity index (χ0v) is 23.1. The lowest BCUT2D eigenvalue weighted by atomic mass is 10.1. The van der Waals surface area contributed by atoms with Gasteiger partial charge in [0.25, 0.3) is 5.91 Å². The number of benzene rings is 3. The Hall–Kier alpha value is -4.79. The quantitative estimate of drug-likeness (QED) is 0.287. The van der Waals surface area contributed by atoms with Crippen molar-refractivity contribution in [1.82, 2.24) is 24.6 Å². The molecule has 5 aromatic rings. The first-order chi connectivity index (χ1) is 19.9. The molecule has 1 fully saturated rings. The van der Waals surface area contributed by atoms with E-state index in [4.69, 9.17) is 19.8 Å². The normalized spacial score (nSPS) is 13.5. The van der Waals surface area contributed by atoms with E-state index >= 15 is 0 Å². The first-order valence-electron chi connectivity index (χ1n) is 13.7. The number of carbonyl (C=O) groups is 1. The van der Waals surface area contributed by atoms with Crippen molar-refractivity contribution >= 4 is 22.8 Å². The first-order valence-corrected chi connectivity index (χ1v) is 13.7. The number of fused-ring (bicyclic) bond motifs is 1. The molecule has 1 saturated heterocycles. The van der Waals surface area contributed by atoms with Gasteiger partial charge in [0, 0.05) is 32.6 Å². The summed E-state index contributed by atoms with van der Waals surface area (Å²) in [4.78, 5) is 26.9. The predicted molar refractivity (Wildman–Crippen MR) is 156 cm³/mol. The SMILES string of the molecule is Cc1ccc(Cc2nc(N3CCN(C(=O)COc4ccccc4)CC3)c3c(C)nn(-c4ccc(F)cc4)c3n2)cc1. The number of piperazine rings is 1. The van der Waals surface area contributed by atoms with Crippen LogP contribution in [0.3, 0.4) is 0 Å². The standard InChI is InChI=1S/C32H31FN6O2/c1-22-8-10-24(11-9-22)20-28-34-31(30-23(2)36-39(32(30)35-28)26-14-12-25(33)13-15-26)38-18-16-37(17-19-38)29(40)21-41-27-6-4-3-5-7-27/h3-15H,16-21H2,1-2H3. The summed E-state index contributed by atoms with van der Waals surface area (Å²) in [6.45, 7) is 6.36. The summed E-state index contributed by atoms with van der Waals surface area (Å²) in [7, 11) is 0. The largest absolute Gasteiger partial charge is 0.484 e. The Morgan fingerprint density at radius 2 is 1.59 bits per heavy atom. The van der Waals surface area contributed by atoms with Crippen LogP contribution in [0.2, 0.25) is 0 Å². The molecule has 208 valence electrons. The molecular formula is C32H31FN6O2. The number of aryl methyl sites for hydroxylation is 2. The molecule has 2 aromatic heterocycles. The Morgan fingerprint density at radius 1 is 0.878 bits per heavy atom. The van der Waals surface area contributed by atoms with Crippen molar-refractivity contribution in [2.45, 2.75) is 20.3 Å². The van der Waals surface area contributed by atoms with Gasteiger partial charge in [-0.05, 0) is 55.8 Å². The average Bonchev–Trinajstić information content (AvgIpc) is 3.33. The van der Waals surface area contributed by atoms with Crippen molar-refractivity contribution in [2.75, 3.05) is 37.7 Å². The minimum Gasteiger partial charge on any atom is -0.484 e. The summed E-state index contributed by atoms with van der Waals surface area (Å²) in [6, 6.07) is 23.9. The number of amides is 1. The maximum Gasteiger partial charge on any atom is 0.260 e. The molecule has 1 amide bonds. The highest BCUT2D eigenvalue weighted by Crippen LogP contribution is 2.30. The first kappa shape index (κ1) is 26.4. The van der Waals surface area contributed by atoms with Gasteiger partial charge in [-0.2, -0.15) is 5.10 Å². The van der Waals surface area contributed by atoms with E-state index in [1.165, 1.54) is 17.7 Å². The highest BCUT2D eigenvalue weighted by Gasteiger charge is 2.26. The van der Waals surface area contributed by atoms with E-state index in [1.54, 1.807) is 16.8 Å². The summed E-state index contributed by atoms with van der Waals surface area (Å²) >= 11 is 0. The fourth-order valence-corrected chi connectivity index (χ4v) is 5.08. The lowest BCUT2D eigenvalue weighted by Gasteiger charge is -2.35. The van der Waals surface area contributed by atoms with Gasteiger partial charge in [0.15, 0.2) is 12.3 Å². The zero-order valence-electron chi connectivity index (χ0n) is 23.1. The third-order valence-electron chi connectivity index (χ3n) is 7.32. The number of anilines is 1. The molecule has 41 heavy (non-hydrogen) atoms. The summed E-state index contributed by atoms with van der Waals surface area (Å²) in [5.41, 5.74) is 4.49. The van der Waals surface area contributed by atoms with Gasteiger partial charge in [-0.1, -0.05) is 48.0 Å². The molecule has 1 aliphatic heterocycles. The zero-order chi connectivity index (χ0) is 28.3. The topological polar surface area (TPSA) is 76.4 Å². The second-order valence-electron chi connectivity index (χ2n) is 10.3. The molecule has 0 N–H and O–H groups in total. The predicted octanol–water partition coefficient (Wildman–Crippen LogP) is 4.89. The molecule has 0 saturated carbocycles. The number of carbonyl (C=O) groups excluding carboxylic acids is 1. The smallest absolute Gasteiger partial charge is 0.260 e. The van der Waals surface area contributed by atoms with Crippen LogP contribution in [0.1, 0.15) is 22.6 Å². The molecule has 1 aliphatic rings. The van der Waals surface area contributed by atoms with E-state index < -0.39 is 0 Å². The van der Waals surface area contributed by atoms with E-state index in [-0.39, 0.29) is 18.3 Å². The average molecular weight is 551 g/mol. The van der Waals surface area contributed by atoms with Crippen LogP contribution >= 0.6 is 0 Å². The molecular weight excluding hydrogens is 519 g/mol. The van der Waals surface area contributed by atoms with E-state index in [9.17, 15) is 9.18 Å². The van der Waals surface area contributed by atoms with Gasteiger partial charge in [-0.15, -0.1) is 0 Å². The third kappa shape index (κ3) is 5.75. The second-order valence-corrected chi connectivity index (χ2v) is 10.3. The van der Waals surface area contributed by atoms with Crippen LogP contribution in [-0.2, 0) is 11.2 Å². The van der Waals surface area contributed by atoms with Gasteiger partial charge < -0.3 is 14.5 Å². The number of nitrogens with zero attached hydrogens (tertiary/aromatic N) is 6. The molecule has 0 aliphatic carbocycles. The van der Waals surface area contributed by atoms with Gasteiger partial charge >= 0.3 is 0 Å². The third-order valence-corrected chi connectivity index (χ3v) is 7.32. The van der Waals surface area contributed by atoms with Crippen LogP contribution in [-0.4, -0.2) is 63.3 Å². The van der Waals surface area contributed by atoms with Crippen LogP contribution in [0.4, 0.5) is 10.2 Å². The van der Waals surface area contributed by atoms with Crippen molar-refractivity contribution in [3.63, 3.8) is 0 Å². The van der Waals surface area contributed by atoms with Crippen molar-refractivity contribution < 1.29 is 13.9 Å². The fourth-order valence-electron chi connectivity index (χ4n) is 5.08. The molecule has 0 radical (unpaired) electrons. The van der Waals surface area contributed by atoms with Crippen molar-refractivity contribution in [1.29, 1.82) is 0 Å². The summed E-state index contributed by atoms with van der Waals surface area (Å²) < 4.78 is 21.1. The maximum absolute atomic E-state index is 13.7. The number of rotatable bonds is 7. The van der Waals surface area contributed by atoms with Crippen LogP contribution in [0.25, 0.3) is 16.7 Å². The van der Waals surface area contributed by atoms with Crippen LogP contribution in [0, 0.1) is 19.7 Å². The Balaban J connectivity index is 1.29. The van der Waals surface area contributed by atoms with Crippen molar-refractivity contribution in [2.24, 2.45) is 0 Å². The summed E-state index contributed by atoms with van der Waals surface area (Å²) in [5.74, 6) is 1.81. The molecule has 3 aromatic carbocycles. The van der Waals surface area contributed by atoms with Crippen molar-refractivity contribution in [3.05, 3.63) is 107 Å². The number of hydrogen-bond donors (Lipinski definition) is 0. The molecule has 3 heterocycles. The van der Waals surface area contributed by atoms with Crippen LogP contribution in [0.15, 0.2) is 78.9 Å². The van der Waals surface area contributed by atoms with Gasteiger partial charge in [0.2, 0.25) is 0 Å². The van der Waals surface area contributed by atoms with E-state index in [0.717, 1.165) is 28.1 Å². The van der Waals surface area contributed by atoms with Gasteiger partial charge in [-0.3, -0.25) is 4.79 Å². The monoisotopic (exact) mass is 550 g/mol. The van der Waals surface area contributed by atoms with Crippen LogP contribution < -0.4 is 9.64 Å². The Kier molecular flexibility index (Phi) is 7.33. The lowest BCUT2D eigenvalue weighted by molar-refractivity contribution is -0.133. The number of aromatic nitrogens is 4. The fraction of sp³-hybridized carbons (Fsp3) is 0.250. The Morgan fingerprint density at radius 3 is 2.29 bits per heavy atom. The lowest BCUT2D eigenvalue weighted by Crippen LogP contribution is -2.50. The van der Waals surface area contributed by atoms with E-state index in [1.807, 2.05) is 42.2 Å². The van der Waals surface area contributed by atoms with Crippen LogP contribution in [0.5, 0.6) is 5.75 Å². The molecule has 0 atom stereocenters. The number of ether oxygens (including phenoxy) is 1. The highest BCUT2D eigenvalue weighted by molar-refractivity contribution is 5.91. The molecule has 0 spiro atoms. The minimum atomic E-state index is -0.307.